The molecule has 0 aliphatic rings. The Labute approximate surface area is 272 Å². The summed E-state index contributed by atoms with van der Waals surface area (Å²) >= 11 is 0. The van der Waals surface area contributed by atoms with Crippen LogP contribution >= 0.6 is 0 Å². The van der Waals surface area contributed by atoms with Crippen LogP contribution in [0.4, 0.5) is 13.6 Å². The van der Waals surface area contributed by atoms with Crippen LogP contribution in [0.2, 0.25) is 0 Å². The number of halogens is 2. The second-order valence-corrected chi connectivity index (χ2v) is 13.2. The third kappa shape index (κ3) is 10.6. The van der Waals surface area contributed by atoms with E-state index in [1.165, 1.54) is 4.90 Å². The molecule has 2 aromatic carbocycles. The minimum atomic E-state index is -1.45. The number of nitrogens with zero attached hydrogens (tertiary/aromatic N) is 3. The number of amides is 2. The van der Waals surface area contributed by atoms with Crippen LogP contribution in [0, 0.1) is 17.0 Å². The average molecular weight is 657 g/mol. The van der Waals surface area contributed by atoms with E-state index in [0.29, 0.717) is 5.82 Å². The number of hydrogen-bond acceptors (Lipinski definition) is 7. The zero-order chi connectivity index (χ0) is 35.1. The molecule has 13 heteroatoms. The molecule has 0 aliphatic carbocycles. The summed E-state index contributed by atoms with van der Waals surface area (Å²) in [5.74, 6) is -3.78. The van der Waals surface area contributed by atoms with E-state index in [-0.39, 0.29) is 30.8 Å². The summed E-state index contributed by atoms with van der Waals surface area (Å²) in [7, 11) is 0. The zero-order valence-corrected chi connectivity index (χ0v) is 27.7. The fraction of sp³-hybridized carbons (Fsp3) is 0.441. The first kappa shape index (κ1) is 36.7. The number of aliphatic carboxylic acids is 1. The number of carboxylic acids is 1. The maximum absolute atomic E-state index is 15.0. The van der Waals surface area contributed by atoms with Gasteiger partial charge in [-0.2, -0.15) is 0 Å². The Morgan fingerprint density at radius 3 is 2.26 bits per heavy atom. The van der Waals surface area contributed by atoms with Crippen molar-refractivity contribution in [3.63, 3.8) is 0 Å². The van der Waals surface area contributed by atoms with E-state index in [1.54, 1.807) is 31.5 Å². The van der Waals surface area contributed by atoms with Crippen LogP contribution in [0.15, 0.2) is 54.7 Å². The van der Waals surface area contributed by atoms with Crippen LogP contribution in [-0.2, 0) is 30.4 Å². The van der Waals surface area contributed by atoms with Gasteiger partial charge in [0.1, 0.15) is 29.1 Å². The summed E-state index contributed by atoms with van der Waals surface area (Å²) in [5, 5.41) is 12.3. The number of carbonyl (C=O) groups excluding carboxylic acids is 3. The number of benzene rings is 2. The van der Waals surface area contributed by atoms with Gasteiger partial charge in [0, 0.05) is 31.8 Å². The molecule has 254 valence electrons. The first-order valence-corrected chi connectivity index (χ1v) is 15.1. The summed E-state index contributed by atoms with van der Waals surface area (Å²) in [6.45, 7) is 10.9. The molecule has 0 unspecified atom stereocenters. The monoisotopic (exact) mass is 656 g/mol. The van der Waals surface area contributed by atoms with Crippen molar-refractivity contribution in [3.05, 3.63) is 77.8 Å². The SMILES string of the molecule is CC(=O)OCC(=O)N(CC[C@H](NC(=O)OC(C)(C)C)C(=O)O)[C@@H](c1nc(-c2cc(F)ccc2F)cn1Cc1ccccc1)C(C)(C)C. The maximum atomic E-state index is 15.0. The van der Waals surface area contributed by atoms with Gasteiger partial charge in [-0.1, -0.05) is 51.1 Å². The van der Waals surface area contributed by atoms with E-state index in [4.69, 9.17) is 14.5 Å². The molecule has 2 N–H and O–H groups in total. The molecular formula is C34H42F2N4O7. The minimum Gasteiger partial charge on any atom is -0.480 e. The highest BCUT2D eigenvalue weighted by molar-refractivity contribution is 5.82. The molecule has 0 radical (unpaired) electrons. The van der Waals surface area contributed by atoms with Crippen LogP contribution in [0.3, 0.4) is 0 Å². The van der Waals surface area contributed by atoms with E-state index in [9.17, 15) is 33.1 Å². The van der Waals surface area contributed by atoms with Gasteiger partial charge in [0.2, 0.25) is 0 Å². The van der Waals surface area contributed by atoms with Crippen LogP contribution in [0.25, 0.3) is 11.3 Å². The van der Waals surface area contributed by atoms with Crippen molar-refractivity contribution in [2.24, 2.45) is 5.41 Å². The quantitative estimate of drug-likeness (QED) is 0.236. The standard InChI is InChI=1S/C34H42F2N4O7/c1-21(41)46-20-28(42)40(16-15-26(31(43)44)38-32(45)47-34(5,6)7)29(33(2,3)4)30-37-27(24-17-23(35)13-14-25(24)36)19-39(30)18-22-11-9-8-10-12-22/h8-14,17,19,26,29H,15-16,18,20H2,1-7H3,(H,38,45)(H,43,44)/t26-,29-/m0/s1. The Morgan fingerprint density at radius 2 is 1.68 bits per heavy atom. The zero-order valence-electron chi connectivity index (χ0n) is 27.7. The number of hydrogen-bond donors (Lipinski definition) is 2. The number of esters is 1. The molecule has 1 aromatic heterocycles. The van der Waals surface area contributed by atoms with Gasteiger partial charge in [0.25, 0.3) is 5.91 Å². The largest absolute Gasteiger partial charge is 0.480 e. The highest BCUT2D eigenvalue weighted by Crippen LogP contribution is 2.39. The molecule has 0 saturated carbocycles. The highest BCUT2D eigenvalue weighted by atomic mass is 19.1. The van der Waals surface area contributed by atoms with E-state index < -0.39 is 65.3 Å². The Bertz CT molecular complexity index is 1580. The number of rotatable bonds is 12. The lowest BCUT2D eigenvalue weighted by molar-refractivity contribution is -0.153. The van der Waals surface area contributed by atoms with Gasteiger partial charge >= 0.3 is 18.0 Å². The van der Waals surface area contributed by atoms with Gasteiger partial charge in [-0.25, -0.2) is 23.4 Å². The topological polar surface area (TPSA) is 140 Å². The Kier molecular flexibility index (Phi) is 11.8. The molecule has 11 nitrogen and oxygen atoms in total. The molecule has 1 heterocycles. The molecule has 47 heavy (non-hydrogen) atoms. The fourth-order valence-electron chi connectivity index (χ4n) is 4.99. The molecule has 0 saturated heterocycles. The Balaban J connectivity index is 2.15. The molecule has 0 spiro atoms. The molecule has 0 aliphatic heterocycles. The number of alkyl carbamates (subject to hydrolysis) is 1. The number of ether oxygens (including phenoxy) is 2. The van der Waals surface area contributed by atoms with Crippen molar-refractivity contribution in [1.82, 2.24) is 19.8 Å². The number of nitrogens with one attached hydrogen (secondary N) is 1. The number of aromatic nitrogens is 2. The van der Waals surface area contributed by atoms with Crippen LogP contribution in [0.5, 0.6) is 0 Å². The Hall–Kier alpha value is -4.81. The maximum Gasteiger partial charge on any atom is 0.408 e. The summed E-state index contributed by atoms with van der Waals surface area (Å²) in [6.07, 6.45) is 0.366. The normalized spacial score (nSPS) is 13.0. The molecule has 3 aromatic rings. The number of carboxylic acid groups (broad SMARTS) is 1. The molecule has 2 amide bonds. The molecule has 0 bridgehead atoms. The summed E-state index contributed by atoms with van der Waals surface area (Å²) < 4.78 is 41.2. The molecular weight excluding hydrogens is 614 g/mol. The van der Waals surface area contributed by atoms with Gasteiger partial charge in [0.15, 0.2) is 6.61 Å². The lowest BCUT2D eigenvalue weighted by atomic mass is 9.84. The van der Waals surface area contributed by atoms with E-state index in [0.717, 1.165) is 30.7 Å². The van der Waals surface area contributed by atoms with Gasteiger partial charge < -0.3 is 29.4 Å². The van der Waals surface area contributed by atoms with Gasteiger partial charge in [-0.15, -0.1) is 0 Å². The Morgan fingerprint density at radius 1 is 1.02 bits per heavy atom. The lowest BCUT2D eigenvalue weighted by Gasteiger charge is -2.40. The van der Waals surface area contributed by atoms with Crippen molar-refractivity contribution >= 4 is 23.9 Å². The van der Waals surface area contributed by atoms with Gasteiger partial charge in [-0.05, 0) is 56.4 Å². The van der Waals surface area contributed by atoms with E-state index >= 15 is 0 Å². The van der Waals surface area contributed by atoms with Crippen LogP contribution in [-0.4, -0.2) is 68.3 Å². The van der Waals surface area contributed by atoms with Crippen LogP contribution in [0.1, 0.15) is 72.3 Å². The second kappa shape index (κ2) is 15.2. The number of imidazole rings is 1. The smallest absolute Gasteiger partial charge is 0.408 e. The summed E-state index contributed by atoms with van der Waals surface area (Å²) in [5.41, 5.74) is -0.790. The van der Waals surface area contributed by atoms with Crippen molar-refractivity contribution < 1.29 is 42.5 Å². The molecule has 0 fully saturated rings. The lowest BCUT2D eigenvalue weighted by Crippen LogP contribution is -2.48. The predicted octanol–water partition coefficient (Wildman–Crippen LogP) is 5.72. The first-order valence-electron chi connectivity index (χ1n) is 15.1. The van der Waals surface area contributed by atoms with Crippen molar-refractivity contribution in [3.8, 4) is 11.3 Å². The van der Waals surface area contributed by atoms with Gasteiger partial charge in [0.05, 0.1) is 11.7 Å². The number of carbonyl (C=O) groups is 4. The van der Waals surface area contributed by atoms with Crippen molar-refractivity contribution in [2.45, 2.75) is 79.1 Å². The van der Waals surface area contributed by atoms with Crippen molar-refractivity contribution in [2.75, 3.05) is 13.2 Å². The highest BCUT2D eigenvalue weighted by Gasteiger charge is 2.39. The summed E-state index contributed by atoms with van der Waals surface area (Å²) in [6, 6.07) is 9.97. The van der Waals surface area contributed by atoms with Gasteiger partial charge in [-0.3, -0.25) is 9.59 Å². The van der Waals surface area contributed by atoms with E-state index in [2.05, 4.69) is 5.32 Å². The minimum absolute atomic E-state index is 0.0870. The fourth-order valence-corrected chi connectivity index (χ4v) is 4.99. The molecule has 2 atom stereocenters. The second-order valence-electron chi connectivity index (χ2n) is 13.2. The first-order chi connectivity index (χ1) is 21.9. The third-order valence-electron chi connectivity index (χ3n) is 6.95. The van der Waals surface area contributed by atoms with Crippen LogP contribution < -0.4 is 5.32 Å². The third-order valence-corrected chi connectivity index (χ3v) is 6.95. The average Bonchev–Trinajstić information content (AvgIpc) is 3.35. The predicted molar refractivity (Wildman–Crippen MR) is 169 cm³/mol. The van der Waals surface area contributed by atoms with Crippen molar-refractivity contribution in [1.29, 1.82) is 0 Å². The molecule has 3 rings (SSSR count). The summed E-state index contributed by atoms with van der Waals surface area (Å²) in [4.78, 5) is 56.2. The van der Waals surface area contributed by atoms with E-state index in [1.807, 2.05) is 51.1 Å².